The quantitative estimate of drug-likeness (QED) is 0.180. The molecule has 9 rings (SSSR count). The van der Waals surface area contributed by atoms with Gasteiger partial charge in [0, 0.05) is 17.1 Å². The fraction of sp³-hybridized carbons (Fsp3) is 0.0638. The second kappa shape index (κ2) is 11.4. The van der Waals surface area contributed by atoms with Crippen LogP contribution in [0.1, 0.15) is 25.3 Å². The maximum Gasteiger partial charge on any atom is 0.0468 e. The molecule has 8 aromatic rings. The molecule has 0 bridgehead atoms. The summed E-state index contributed by atoms with van der Waals surface area (Å²) in [6.07, 6.45) is 0. The summed E-state index contributed by atoms with van der Waals surface area (Å²) in [6.45, 7) is 4.49. The lowest BCUT2D eigenvalue weighted by molar-refractivity contribution is 0.866. The molecule has 0 radical (unpaired) electrons. The molecule has 0 saturated heterocycles. The van der Waals surface area contributed by atoms with Gasteiger partial charge >= 0.3 is 0 Å². The monoisotopic (exact) mass is 613 g/mol. The van der Waals surface area contributed by atoms with Gasteiger partial charge in [0.05, 0.1) is 0 Å². The lowest BCUT2D eigenvalue weighted by Crippen LogP contribution is -2.10. The second-order valence-electron chi connectivity index (χ2n) is 13.2. The van der Waals surface area contributed by atoms with E-state index in [0.29, 0.717) is 5.92 Å². The minimum absolute atomic E-state index is 0.488. The van der Waals surface area contributed by atoms with Gasteiger partial charge in [0.25, 0.3) is 0 Å². The van der Waals surface area contributed by atoms with Crippen LogP contribution in [0.4, 0.5) is 17.1 Å². The highest BCUT2D eigenvalue weighted by molar-refractivity contribution is 6.12. The summed E-state index contributed by atoms with van der Waals surface area (Å²) in [6, 6.07) is 62.4. The molecule has 0 atom stereocenters. The summed E-state index contributed by atoms with van der Waals surface area (Å²) in [5.74, 6) is 0.488. The normalized spacial score (nSPS) is 11.7. The van der Waals surface area contributed by atoms with Crippen LogP contribution in [0.25, 0.3) is 66.1 Å². The zero-order valence-electron chi connectivity index (χ0n) is 27.2. The van der Waals surface area contributed by atoms with Gasteiger partial charge in [-0.1, -0.05) is 117 Å². The predicted octanol–water partition coefficient (Wildman–Crippen LogP) is 13.6. The van der Waals surface area contributed by atoms with Gasteiger partial charge in [-0.05, 0) is 144 Å². The van der Waals surface area contributed by atoms with E-state index in [1.54, 1.807) is 0 Å². The summed E-state index contributed by atoms with van der Waals surface area (Å²) < 4.78 is 0. The van der Waals surface area contributed by atoms with E-state index in [4.69, 9.17) is 0 Å². The van der Waals surface area contributed by atoms with E-state index in [0.717, 1.165) is 17.1 Å². The highest BCUT2D eigenvalue weighted by Crippen LogP contribution is 2.51. The molecule has 0 unspecified atom stereocenters. The summed E-state index contributed by atoms with van der Waals surface area (Å²) in [5, 5.41) is 5.08. The van der Waals surface area contributed by atoms with Crippen LogP contribution >= 0.6 is 0 Å². The Morgan fingerprint density at radius 3 is 1.31 bits per heavy atom. The molecule has 1 aliphatic carbocycles. The highest BCUT2D eigenvalue weighted by Gasteiger charge is 2.24. The number of nitrogens with zero attached hydrogens (tertiary/aromatic N) is 1. The van der Waals surface area contributed by atoms with Crippen molar-refractivity contribution in [2.75, 3.05) is 4.90 Å². The lowest BCUT2D eigenvalue weighted by Gasteiger charge is -2.28. The van der Waals surface area contributed by atoms with Crippen molar-refractivity contribution in [2.24, 2.45) is 0 Å². The Kier molecular flexibility index (Phi) is 6.73. The molecular weight excluding hydrogens is 579 g/mol. The summed E-state index contributed by atoms with van der Waals surface area (Å²) in [4.78, 5) is 2.38. The molecule has 8 aromatic carbocycles. The van der Waals surface area contributed by atoms with Crippen LogP contribution in [0.2, 0.25) is 0 Å². The fourth-order valence-corrected chi connectivity index (χ4v) is 7.25. The van der Waals surface area contributed by atoms with Gasteiger partial charge in [0.15, 0.2) is 0 Å². The molecule has 0 N–H and O–H groups in total. The topological polar surface area (TPSA) is 3.24 Å². The van der Waals surface area contributed by atoms with Crippen LogP contribution in [-0.2, 0) is 0 Å². The number of rotatable bonds is 6. The van der Waals surface area contributed by atoms with Gasteiger partial charge in [-0.3, -0.25) is 0 Å². The Balaban J connectivity index is 1.11. The third-order valence-electron chi connectivity index (χ3n) is 9.93. The van der Waals surface area contributed by atoms with Gasteiger partial charge in [0.2, 0.25) is 0 Å². The fourth-order valence-electron chi connectivity index (χ4n) is 7.25. The average Bonchev–Trinajstić information content (AvgIpc) is 3.14. The maximum absolute atomic E-state index is 2.39. The zero-order valence-corrected chi connectivity index (χ0v) is 27.2. The Hall–Kier alpha value is -5.92. The van der Waals surface area contributed by atoms with Crippen molar-refractivity contribution in [1.29, 1.82) is 0 Å². The van der Waals surface area contributed by atoms with E-state index in [2.05, 4.69) is 189 Å². The Morgan fingerprint density at radius 1 is 0.333 bits per heavy atom. The first-order valence-electron chi connectivity index (χ1n) is 16.9. The molecule has 0 saturated carbocycles. The smallest absolute Gasteiger partial charge is 0.0468 e. The van der Waals surface area contributed by atoms with Crippen LogP contribution in [0.15, 0.2) is 170 Å². The molecule has 0 aromatic heterocycles. The van der Waals surface area contributed by atoms with Crippen molar-refractivity contribution in [3.05, 3.63) is 175 Å². The van der Waals surface area contributed by atoms with Crippen molar-refractivity contribution in [1.82, 2.24) is 0 Å². The molecule has 0 heterocycles. The molecule has 0 fully saturated rings. The van der Waals surface area contributed by atoms with E-state index < -0.39 is 0 Å². The maximum atomic E-state index is 2.39. The largest absolute Gasteiger partial charge is 0.310 e. The lowest BCUT2D eigenvalue weighted by atomic mass is 9.77. The van der Waals surface area contributed by atoms with Crippen molar-refractivity contribution in [3.63, 3.8) is 0 Å². The SMILES string of the molecule is CC(C)c1ccc(N(c2ccc(-c3ccccc3)cc2)c2ccc3cc4c(cc3c2)-c2cc3ccc(-c5ccccc5)cc3cc2-4)cc1. The molecule has 1 nitrogen and oxygen atoms in total. The third kappa shape index (κ3) is 4.87. The van der Waals surface area contributed by atoms with Gasteiger partial charge in [-0.25, -0.2) is 0 Å². The Bertz CT molecular complexity index is 2440. The number of benzene rings is 8. The van der Waals surface area contributed by atoms with Crippen molar-refractivity contribution in [3.8, 4) is 44.5 Å². The van der Waals surface area contributed by atoms with Gasteiger partial charge in [-0.15, -0.1) is 0 Å². The van der Waals surface area contributed by atoms with E-state index in [9.17, 15) is 0 Å². The second-order valence-corrected chi connectivity index (χ2v) is 13.2. The van der Waals surface area contributed by atoms with Crippen LogP contribution in [0, 0.1) is 0 Å². The van der Waals surface area contributed by atoms with Gasteiger partial charge in [0.1, 0.15) is 0 Å². The molecule has 48 heavy (non-hydrogen) atoms. The molecule has 0 aliphatic heterocycles. The van der Waals surface area contributed by atoms with E-state index >= 15 is 0 Å². The molecule has 1 aliphatic rings. The number of hydrogen-bond donors (Lipinski definition) is 0. The predicted molar refractivity (Wildman–Crippen MR) is 206 cm³/mol. The minimum Gasteiger partial charge on any atom is -0.310 e. The molecule has 0 amide bonds. The molecule has 228 valence electrons. The highest BCUT2D eigenvalue weighted by atomic mass is 15.1. The van der Waals surface area contributed by atoms with Crippen LogP contribution in [0.3, 0.4) is 0 Å². The zero-order chi connectivity index (χ0) is 32.2. The first kappa shape index (κ1) is 28.3. The van der Waals surface area contributed by atoms with Crippen molar-refractivity contribution < 1.29 is 0 Å². The Labute approximate surface area is 282 Å². The van der Waals surface area contributed by atoms with Gasteiger partial charge < -0.3 is 4.90 Å². The summed E-state index contributed by atoms with van der Waals surface area (Å²) >= 11 is 0. The summed E-state index contributed by atoms with van der Waals surface area (Å²) in [7, 11) is 0. The first-order valence-corrected chi connectivity index (χ1v) is 16.9. The third-order valence-corrected chi connectivity index (χ3v) is 9.93. The molecule has 1 heteroatoms. The van der Waals surface area contributed by atoms with Crippen LogP contribution < -0.4 is 4.90 Å². The van der Waals surface area contributed by atoms with E-state index in [1.807, 2.05) is 0 Å². The van der Waals surface area contributed by atoms with Gasteiger partial charge in [-0.2, -0.15) is 0 Å². The average molecular weight is 614 g/mol. The van der Waals surface area contributed by atoms with Crippen molar-refractivity contribution in [2.45, 2.75) is 19.8 Å². The minimum atomic E-state index is 0.488. The van der Waals surface area contributed by atoms with Crippen molar-refractivity contribution >= 4 is 38.6 Å². The molecule has 0 spiro atoms. The Morgan fingerprint density at radius 2 is 0.750 bits per heavy atom. The van der Waals surface area contributed by atoms with E-state index in [1.165, 1.54) is 71.6 Å². The van der Waals surface area contributed by atoms with Crippen LogP contribution in [-0.4, -0.2) is 0 Å². The first-order chi connectivity index (χ1) is 23.6. The number of hydrogen-bond acceptors (Lipinski definition) is 1. The number of anilines is 3. The summed E-state index contributed by atoms with van der Waals surface area (Å²) in [5.41, 5.74) is 15.1. The van der Waals surface area contributed by atoms with E-state index in [-0.39, 0.29) is 0 Å². The number of fused-ring (bicyclic) bond motifs is 6. The standard InChI is InChI=1S/C47H35N/c1-31(2)32-15-20-41(21-16-32)48(42-22-17-35(18-23-42)33-9-5-3-6-10-33)43-24-19-38-28-45-46-29-39-25-36(34-11-7-4-8-12-34)13-14-37(39)27-44(46)47(45)30-40(38)26-43/h3-31H,1-2H3. The molecular formula is C47H35N. The van der Waals surface area contributed by atoms with Crippen LogP contribution in [0.5, 0.6) is 0 Å².